The first-order valence-corrected chi connectivity index (χ1v) is 6.08. The quantitative estimate of drug-likeness (QED) is 0.874. The van der Waals surface area contributed by atoms with Crippen molar-refractivity contribution in [2.75, 3.05) is 13.1 Å². The van der Waals surface area contributed by atoms with Crippen molar-refractivity contribution in [3.63, 3.8) is 0 Å². The molecular formula is C12H14BrNO2. The number of hydrogen-bond acceptors (Lipinski definition) is 2. The Morgan fingerprint density at radius 3 is 2.88 bits per heavy atom. The first-order chi connectivity index (χ1) is 7.59. The highest BCUT2D eigenvalue weighted by Crippen LogP contribution is 2.30. The van der Waals surface area contributed by atoms with Crippen molar-refractivity contribution in [3.8, 4) is 0 Å². The van der Waals surface area contributed by atoms with Crippen LogP contribution < -0.4 is 5.32 Å². The van der Waals surface area contributed by atoms with Crippen LogP contribution in [0.5, 0.6) is 0 Å². The van der Waals surface area contributed by atoms with Gasteiger partial charge in [0.25, 0.3) is 0 Å². The third kappa shape index (κ3) is 2.13. The van der Waals surface area contributed by atoms with Gasteiger partial charge in [0.1, 0.15) is 0 Å². The van der Waals surface area contributed by atoms with Crippen molar-refractivity contribution in [2.24, 2.45) is 5.92 Å². The number of carboxylic acid groups (broad SMARTS) is 1. The summed E-state index contributed by atoms with van der Waals surface area (Å²) >= 11 is 3.45. The van der Waals surface area contributed by atoms with Gasteiger partial charge >= 0.3 is 5.97 Å². The SMILES string of the molecule is Cc1cc(C2CNCC2C(=O)O)ccc1Br. The molecule has 4 heteroatoms. The van der Waals surface area contributed by atoms with E-state index in [0.29, 0.717) is 6.54 Å². The minimum absolute atomic E-state index is 0.0873. The van der Waals surface area contributed by atoms with Gasteiger partial charge < -0.3 is 10.4 Å². The fraction of sp³-hybridized carbons (Fsp3) is 0.417. The lowest BCUT2D eigenvalue weighted by atomic mass is 9.88. The van der Waals surface area contributed by atoms with Gasteiger partial charge in [-0.2, -0.15) is 0 Å². The fourth-order valence-corrected chi connectivity index (χ4v) is 2.43. The summed E-state index contributed by atoms with van der Waals surface area (Å²) in [5, 5.41) is 12.3. The Bertz CT molecular complexity index is 419. The molecule has 2 unspecified atom stereocenters. The van der Waals surface area contributed by atoms with Crippen molar-refractivity contribution in [3.05, 3.63) is 33.8 Å². The second-order valence-electron chi connectivity index (χ2n) is 4.22. The zero-order chi connectivity index (χ0) is 11.7. The molecule has 2 rings (SSSR count). The first-order valence-electron chi connectivity index (χ1n) is 5.29. The van der Waals surface area contributed by atoms with Crippen molar-refractivity contribution >= 4 is 21.9 Å². The maximum atomic E-state index is 11.1. The van der Waals surface area contributed by atoms with E-state index in [-0.39, 0.29) is 11.8 Å². The normalized spacial score (nSPS) is 24.6. The number of hydrogen-bond donors (Lipinski definition) is 2. The van der Waals surface area contributed by atoms with Crippen molar-refractivity contribution in [1.82, 2.24) is 5.32 Å². The molecule has 2 atom stereocenters. The van der Waals surface area contributed by atoms with Crippen molar-refractivity contribution < 1.29 is 9.90 Å². The molecule has 0 radical (unpaired) electrons. The van der Waals surface area contributed by atoms with Crippen LogP contribution in [0.4, 0.5) is 0 Å². The fourth-order valence-electron chi connectivity index (χ4n) is 2.19. The van der Waals surface area contributed by atoms with E-state index in [1.165, 1.54) is 0 Å². The van der Waals surface area contributed by atoms with Crippen molar-refractivity contribution in [1.29, 1.82) is 0 Å². The molecule has 0 bridgehead atoms. The standard InChI is InChI=1S/C12H14BrNO2/c1-7-4-8(2-3-11(7)13)9-5-14-6-10(9)12(15)16/h2-4,9-10,14H,5-6H2,1H3,(H,15,16). The van der Waals surface area contributed by atoms with E-state index in [2.05, 4.69) is 27.3 Å². The Hall–Kier alpha value is -0.870. The molecule has 3 nitrogen and oxygen atoms in total. The van der Waals surface area contributed by atoms with Gasteiger partial charge in [-0.15, -0.1) is 0 Å². The third-order valence-electron chi connectivity index (χ3n) is 3.14. The summed E-state index contributed by atoms with van der Waals surface area (Å²) in [5.74, 6) is -0.930. The maximum Gasteiger partial charge on any atom is 0.308 e. The zero-order valence-electron chi connectivity index (χ0n) is 9.03. The number of benzene rings is 1. The van der Waals surface area contributed by atoms with Gasteiger partial charge in [0.2, 0.25) is 0 Å². The molecule has 0 saturated carbocycles. The van der Waals surface area contributed by atoms with Crippen LogP contribution in [0.2, 0.25) is 0 Å². The van der Waals surface area contributed by atoms with Crippen LogP contribution in [-0.4, -0.2) is 24.2 Å². The number of nitrogens with one attached hydrogen (secondary N) is 1. The minimum atomic E-state index is -0.712. The predicted octanol–water partition coefficient (Wildman–Crippen LogP) is 2.15. The number of carboxylic acids is 1. The van der Waals surface area contributed by atoms with Crippen LogP contribution in [0.25, 0.3) is 0 Å². The van der Waals surface area contributed by atoms with Crippen LogP contribution in [0.1, 0.15) is 17.0 Å². The van der Waals surface area contributed by atoms with Gasteiger partial charge in [0, 0.05) is 23.5 Å². The van der Waals surface area contributed by atoms with Gasteiger partial charge in [-0.25, -0.2) is 0 Å². The molecule has 0 spiro atoms. The highest BCUT2D eigenvalue weighted by atomic mass is 79.9. The zero-order valence-corrected chi connectivity index (χ0v) is 10.6. The lowest BCUT2D eigenvalue weighted by molar-refractivity contribution is -0.141. The summed E-state index contributed by atoms with van der Waals surface area (Å²) in [6.45, 7) is 3.33. The van der Waals surface area contributed by atoms with Crippen molar-refractivity contribution in [2.45, 2.75) is 12.8 Å². The second-order valence-corrected chi connectivity index (χ2v) is 5.07. The Balaban J connectivity index is 2.29. The monoisotopic (exact) mass is 283 g/mol. The molecule has 86 valence electrons. The molecule has 1 aliphatic rings. The smallest absolute Gasteiger partial charge is 0.308 e. The number of carbonyl (C=O) groups is 1. The molecule has 0 aromatic heterocycles. The van der Waals surface area contributed by atoms with E-state index in [0.717, 1.165) is 22.1 Å². The Labute approximate surface area is 103 Å². The van der Waals surface area contributed by atoms with E-state index in [9.17, 15) is 4.79 Å². The average molecular weight is 284 g/mol. The largest absolute Gasteiger partial charge is 0.481 e. The maximum absolute atomic E-state index is 11.1. The average Bonchev–Trinajstić information content (AvgIpc) is 2.71. The lowest BCUT2D eigenvalue weighted by Gasteiger charge is -2.15. The predicted molar refractivity (Wildman–Crippen MR) is 65.6 cm³/mol. The van der Waals surface area contributed by atoms with Crippen LogP contribution in [0, 0.1) is 12.8 Å². The summed E-state index contributed by atoms with van der Waals surface area (Å²) in [5.41, 5.74) is 2.26. The number of aliphatic carboxylic acids is 1. The summed E-state index contributed by atoms with van der Waals surface area (Å²) < 4.78 is 1.06. The summed E-state index contributed by atoms with van der Waals surface area (Å²) in [7, 11) is 0. The van der Waals surface area contributed by atoms with E-state index >= 15 is 0 Å². The third-order valence-corrected chi connectivity index (χ3v) is 4.03. The van der Waals surface area contributed by atoms with Gasteiger partial charge in [-0.05, 0) is 24.1 Å². The van der Waals surface area contributed by atoms with Crippen LogP contribution in [-0.2, 0) is 4.79 Å². The van der Waals surface area contributed by atoms with Crippen LogP contribution in [0.15, 0.2) is 22.7 Å². The molecule has 0 amide bonds. The molecule has 0 aliphatic carbocycles. The Morgan fingerprint density at radius 2 is 2.25 bits per heavy atom. The first kappa shape index (κ1) is 11.6. The summed E-state index contributed by atoms with van der Waals surface area (Å²) in [6, 6.07) is 6.06. The van der Waals surface area contributed by atoms with Gasteiger partial charge in [0.05, 0.1) is 5.92 Å². The number of rotatable bonds is 2. The molecule has 1 heterocycles. The lowest BCUT2D eigenvalue weighted by Crippen LogP contribution is -2.21. The number of halogens is 1. The Morgan fingerprint density at radius 1 is 1.50 bits per heavy atom. The molecule has 16 heavy (non-hydrogen) atoms. The number of aryl methyl sites for hydroxylation is 1. The highest BCUT2D eigenvalue weighted by Gasteiger charge is 2.33. The Kier molecular flexibility index (Phi) is 3.30. The molecule has 1 saturated heterocycles. The molecule has 1 aromatic carbocycles. The molecular weight excluding hydrogens is 270 g/mol. The van der Waals surface area contributed by atoms with E-state index in [1.807, 2.05) is 19.1 Å². The van der Waals surface area contributed by atoms with E-state index < -0.39 is 5.97 Å². The molecule has 1 aliphatic heterocycles. The minimum Gasteiger partial charge on any atom is -0.481 e. The van der Waals surface area contributed by atoms with Gasteiger partial charge in [-0.1, -0.05) is 28.1 Å². The highest BCUT2D eigenvalue weighted by molar-refractivity contribution is 9.10. The van der Waals surface area contributed by atoms with E-state index in [4.69, 9.17) is 5.11 Å². The molecule has 2 N–H and O–H groups in total. The van der Waals surface area contributed by atoms with Gasteiger partial charge in [-0.3, -0.25) is 4.79 Å². The molecule has 1 fully saturated rings. The summed E-state index contributed by atoms with van der Waals surface area (Å²) in [6.07, 6.45) is 0. The van der Waals surface area contributed by atoms with Crippen LogP contribution in [0.3, 0.4) is 0 Å². The molecule has 1 aromatic rings. The summed E-state index contributed by atoms with van der Waals surface area (Å²) in [4.78, 5) is 11.1. The topological polar surface area (TPSA) is 49.3 Å². The van der Waals surface area contributed by atoms with E-state index in [1.54, 1.807) is 0 Å². The van der Waals surface area contributed by atoms with Crippen LogP contribution >= 0.6 is 15.9 Å². The second kappa shape index (κ2) is 4.55. The van der Waals surface area contributed by atoms with Gasteiger partial charge in [0.15, 0.2) is 0 Å².